The number of piperidine rings is 1. The summed E-state index contributed by atoms with van der Waals surface area (Å²) in [6, 6.07) is 14.8. The van der Waals surface area contributed by atoms with Crippen molar-refractivity contribution in [3.63, 3.8) is 0 Å². The summed E-state index contributed by atoms with van der Waals surface area (Å²) in [5.74, 6) is -1.67. The Morgan fingerprint density at radius 1 is 0.948 bits per heavy atom. The molecule has 2 atom stereocenters. The lowest BCUT2D eigenvalue weighted by Crippen LogP contribution is -2.55. The summed E-state index contributed by atoms with van der Waals surface area (Å²) in [7, 11) is 0. The van der Waals surface area contributed by atoms with E-state index in [-0.39, 0.29) is 36.1 Å². The highest BCUT2D eigenvalue weighted by molar-refractivity contribution is 6.23. The number of aromatic nitrogens is 4. The molecule has 2 aromatic heterocycles. The van der Waals surface area contributed by atoms with Crippen molar-refractivity contribution in [1.29, 1.82) is 0 Å². The van der Waals surface area contributed by atoms with Gasteiger partial charge in [-0.2, -0.15) is 10.2 Å². The summed E-state index contributed by atoms with van der Waals surface area (Å²) in [4.78, 5) is 72.1. The summed E-state index contributed by atoms with van der Waals surface area (Å²) < 4.78 is 1.97. The van der Waals surface area contributed by atoms with E-state index in [2.05, 4.69) is 73.6 Å². The lowest BCUT2D eigenvalue weighted by atomic mass is 9.76. The molecule has 3 fully saturated rings. The van der Waals surface area contributed by atoms with Crippen LogP contribution in [0, 0.1) is 11.3 Å². The van der Waals surface area contributed by atoms with Crippen LogP contribution in [-0.4, -0.2) is 123 Å². The molecule has 3 N–H and O–H groups in total. The maximum Gasteiger partial charge on any atom is 0.276 e. The number of rotatable bonds is 11. The number of nitrogens with zero attached hydrogens (tertiary/aromatic N) is 7. The van der Waals surface area contributed by atoms with E-state index in [9.17, 15) is 24.0 Å². The van der Waals surface area contributed by atoms with E-state index in [0.717, 1.165) is 99.9 Å². The van der Waals surface area contributed by atoms with Gasteiger partial charge >= 0.3 is 0 Å². The Labute approximate surface area is 337 Å². The van der Waals surface area contributed by atoms with E-state index < -0.39 is 23.8 Å². The molecule has 4 aliphatic heterocycles. The van der Waals surface area contributed by atoms with E-state index in [1.54, 1.807) is 18.3 Å². The van der Waals surface area contributed by atoms with Crippen molar-refractivity contribution in [3.8, 4) is 0 Å². The van der Waals surface area contributed by atoms with E-state index in [1.165, 1.54) is 5.56 Å². The van der Waals surface area contributed by atoms with Crippen LogP contribution in [0.1, 0.15) is 93.6 Å². The second-order valence-corrected chi connectivity index (χ2v) is 17.3. The number of nitrogens with one attached hydrogen (secondary N) is 3. The molecule has 0 radical (unpaired) electrons. The number of hydrogen-bond acceptors (Lipinski definition) is 10. The maximum absolute atomic E-state index is 13.3. The zero-order valence-electron chi connectivity index (χ0n) is 33.1. The van der Waals surface area contributed by atoms with Crippen molar-refractivity contribution in [1.82, 2.24) is 40.0 Å². The standard InChI is InChI=1S/C43H50N10O5/c1-43(2)14-12-32-34(21-43)47-48-38(32)40(56)45-29-22-44-52(26-29)35(28-6-4-3-5-7-28)13-15-49-16-18-50(19-17-49)23-27-24-51(25-27)30-8-9-31-33(20-30)42(58)53(41(31)57)36-10-11-37(54)46-39(36)55/h3-9,20,22,26-27,35-36H,10-19,21,23-25H2,1-2H3,(H,45,56)(H,47,48)(H,46,54,55). The minimum Gasteiger partial charge on any atom is -0.371 e. The third kappa shape index (κ3) is 7.44. The molecule has 0 bridgehead atoms. The zero-order chi connectivity index (χ0) is 40.1. The fraction of sp³-hybridized carbons (Fsp3) is 0.465. The first kappa shape index (κ1) is 37.9. The number of benzene rings is 2. The third-order valence-corrected chi connectivity index (χ3v) is 12.7. The van der Waals surface area contributed by atoms with Gasteiger partial charge in [0.05, 0.1) is 29.1 Å². The predicted octanol–water partition coefficient (Wildman–Crippen LogP) is 3.51. The molecule has 2 unspecified atom stereocenters. The zero-order valence-corrected chi connectivity index (χ0v) is 33.1. The van der Waals surface area contributed by atoms with Crippen molar-refractivity contribution >= 4 is 40.9 Å². The van der Waals surface area contributed by atoms with E-state index in [1.807, 2.05) is 23.0 Å². The molecule has 4 aromatic rings. The first-order valence-corrected chi connectivity index (χ1v) is 20.5. The van der Waals surface area contributed by atoms with Crippen molar-refractivity contribution in [2.75, 3.05) is 62.6 Å². The molecule has 2 aromatic carbocycles. The second-order valence-electron chi connectivity index (χ2n) is 17.3. The monoisotopic (exact) mass is 786 g/mol. The summed E-state index contributed by atoms with van der Waals surface area (Å²) in [6.45, 7) is 12.1. The first-order chi connectivity index (χ1) is 28.0. The van der Waals surface area contributed by atoms with Crippen LogP contribution < -0.4 is 15.5 Å². The van der Waals surface area contributed by atoms with Gasteiger partial charge in [0.25, 0.3) is 17.7 Å². The van der Waals surface area contributed by atoms with Gasteiger partial charge in [0.1, 0.15) is 6.04 Å². The van der Waals surface area contributed by atoms with Gasteiger partial charge in [0, 0.05) is 87.8 Å². The first-order valence-electron chi connectivity index (χ1n) is 20.5. The number of imide groups is 2. The highest BCUT2D eigenvalue weighted by Gasteiger charge is 2.45. The van der Waals surface area contributed by atoms with E-state index in [4.69, 9.17) is 5.10 Å². The van der Waals surface area contributed by atoms with Gasteiger partial charge in [-0.05, 0) is 61.3 Å². The number of anilines is 2. The van der Waals surface area contributed by atoms with Gasteiger partial charge in [-0.25, -0.2) is 0 Å². The average molecular weight is 787 g/mol. The molecule has 5 amide bonds. The molecule has 15 heteroatoms. The molecule has 302 valence electrons. The Morgan fingerprint density at radius 2 is 1.71 bits per heavy atom. The van der Waals surface area contributed by atoms with Crippen LogP contribution in [0.4, 0.5) is 11.4 Å². The van der Waals surface area contributed by atoms with Gasteiger partial charge in [-0.1, -0.05) is 44.2 Å². The number of carbonyl (C=O) groups excluding carboxylic acids is 5. The Balaban J connectivity index is 0.755. The Hall–Kier alpha value is -5.67. The highest BCUT2D eigenvalue weighted by atomic mass is 16.2. The fourth-order valence-corrected chi connectivity index (χ4v) is 9.34. The minimum absolute atomic E-state index is 0.0133. The summed E-state index contributed by atoms with van der Waals surface area (Å²) in [5.41, 5.74) is 6.09. The number of H-pyrrole nitrogens is 1. The normalized spacial score (nSPS) is 21.7. The molecule has 15 nitrogen and oxygen atoms in total. The quantitative estimate of drug-likeness (QED) is 0.192. The minimum atomic E-state index is -0.967. The van der Waals surface area contributed by atoms with Crippen molar-refractivity contribution in [2.45, 2.75) is 64.5 Å². The number of piperazine rings is 1. The SMILES string of the molecule is CC1(C)CCc2c(C(=O)Nc3cnn(C(CCN4CCN(CC5CN(c6ccc7c(c6)C(=O)N(C6CCC(=O)NC6=O)C7=O)C5)CC4)c4ccccc4)c3)n[nH]c2C1. The molecule has 58 heavy (non-hydrogen) atoms. The molecule has 0 saturated carbocycles. The van der Waals surface area contributed by atoms with Crippen molar-refractivity contribution in [3.05, 3.63) is 94.6 Å². The van der Waals surface area contributed by atoms with Gasteiger partial charge in [0.2, 0.25) is 11.8 Å². The molecular weight excluding hydrogens is 737 g/mol. The van der Waals surface area contributed by atoms with Crippen LogP contribution in [0.2, 0.25) is 0 Å². The lowest BCUT2D eigenvalue weighted by molar-refractivity contribution is -0.136. The Morgan fingerprint density at radius 3 is 2.48 bits per heavy atom. The molecular formula is C43H50N10O5. The number of aromatic amines is 1. The Bertz CT molecular complexity index is 2250. The topological polar surface area (TPSA) is 169 Å². The fourth-order valence-electron chi connectivity index (χ4n) is 9.34. The van der Waals surface area contributed by atoms with Gasteiger partial charge in [0.15, 0.2) is 5.69 Å². The molecule has 9 rings (SSSR count). The molecule has 6 heterocycles. The third-order valence-electron chi connectivity index (χ3n) is 12.7. The van der Waals surface area contributed by atoms with Gasteiger partial charge < -0.3 is 20.0 Å². The number of fused-ring (bicyclic) bond motifs is 2. The number of carbonyl (C=O) groups is 5. The summed E-state index contributed by atoms with van der Waals surface area (Å²) >= 11 is 0. The maximum atomic E-state index is 13.3. The van der Waals surface area contributed by atoms with Crippen molar-refractivity contribution in [2.24, 2.45) is 11.3 Å². The number of hydrogen-bond donors (Lipinski definition) is 3. The summed E-state index contributed by atoms with van der Waals surface area (Å²) in [5, 5.41) is 17.5. The largest absolute Gasteiger partial charge is 0.371 e. The van der Waals surface area contributed by atoms with Gasteiger partial charge in [-0.3, -0.25) is 44.0 Å². The highest BCUT2D eigenvalue weighted by Crippen LogP contribution is 2.36. The van der Waals surface area contributed by atoms with Gasteiger partial charge in [-0.15, -0.1) is 0 Å². The molecule has 3 saturated heterocycles. The average Bonchev–Trinajstić information content (AvgIpc) is 3.89. The second kappa shape index (κ2) is 15.3. The van der Waals surface area contributed by atoms with Crippen LogP contribution in [0.15, 0.2) is 60.9 Å². The van der Waals surface area contributed by atoms with E-state index >= 15 is 0 Å². The number of amides is 5. The predicted molar refractivity (Wildman–Crippen MR) is 215 cm³/mol. The van der Waals surface area contributed by atoms with Crippen LogP contribution >= 0.6 is 0 Å². The Kier molecular flexibility index (Phi) is 9.96. The van der Waals surface area contributed by atoms with Crippen LogP contribution in [0.3, 0.4) is 0 Å². The molecule has 5 aliphatic rings. The smallest absolute Gasteiger partial charge is 0.276 e. The van der Waals surface area contributed by atoms with Crippen LogP contribution in [-0.2, 0) is 22.4 Å². The van der Waals surface area contributed by atoms with Crippen LogP contribution in [0.25, 0.3) is 0 Å². The van der Waals surface area contributed by atoms with E-state index in [0.29, 0.717) is 28.4 Å². The van der Waals surface area contributed by atoms with Crippen LogP contribution in [0.5, 0.6) is 0 Å². The van der Waals surface area contributed by atoms with Crippen molar-refractivity contribution < 1.29 is 24.0 Å². The summed E-state index contributed by atoms with van der Waals surface area (Å²) in [6.07, 6.45) is 7.51. The molecule has 0 spiro atoms. The lowest BCUT2D eigenvalue weighted by Gasteiger charge is -2.45. The molecule has 1 aliphatic carbocycles.